The Bertz CT molecular complexity index is 1890. The van der Waals surface area contributed by atoms with Crippen molar-refractivity contribution in [2.24, 2.45) is 0 Å². The predicted molar refractivity (Wildman–Crippen MR) is 177 cm³/mol. The number of aryl methyl sites for hydroxylation is 1. The minimum Gasteiger partial charge on any atom is -0.391 e. The maximum Gasteiger partial charge on any atom is 0.236 e. The molecule has 5 aromatic rings. The first-order valence-electron chi connectivity index (χ1n) is 16.0. The Morgan fingerprint density at radius 3 is 2.46 bits per heavy atom. The maximum atomic E-state index is 16.3. The number of piperidine rings is 1. The molecular weight excluding hydrogens is 604 g/mol. The van der Waals surface area contributed by atoms with E-state index in [4.69, 9.17) is 9.97 Å². The number of benzene rings is 2. The fourth-order valence-corrected chi connectivity index (χ4v) is 7.73. The number of β-amino-alcohol motifs (C(OH)–C–C–N with tert-alkyl or cyclic N) is 1. The zero-order valence-corrected chi connectivity index (χ0v) is 26.9. The minimum atomic E-state index is -0.401. The second-order valence-corrected chi connectivity index (χ2v) is 13.3. The molecule has 5 heterocycles. The van der Waals surface area contributed by atoms with E-state index < -0.39 is 6.10 Å². The number of aliphatic hydroxyl groups is 1. The Morgan fingerprint density at radius 2 is 1.74 bits per heavy atom. The number of nitrogens with zero attached hydrogens (tertiary/aromatic N) is 5. The summed E-state index contributed by atoms with van der Waals surface area (Å²) < 4.78 is 31.8. The molecule has 1 N–H and O–H groups in total. The lowest BCUT2D eigenvalue weighted by molar-refractivity contribution is -0.132. The highest BCUT2D eigenvalue weighted by molar-refractivity contribution is 7.13. The van der Waals surface area contributed by atoms with E-state index in [9.17, 15) is 14.3 Å². The van der Waals surface area contributed by atoms with Gasteiger partial charge in [0.25, 0.3) is 0 Å². The first-order valence-corrected chi connectivity index (χ1v) is 16.9. The Balaban J connectivity index is 1.13. The number of hydrogen-bond donors (Lipinski definition) is 1. The number of imidazole rings is 1. The zero-order chi connectivity index (χ0) is 31.9. The number of carbonyl (C=O) groups is 1. The summed E-state index contributed by atoms with van der Waals surface area (Å²) >= 11 is 1.44. The third-order valence-electron chi connectivity index (χ3n) is 9.50. The van der Waals surface area contributed by atoms with Gasteiger partial charge in [0.05, 0.1) is 29.7 Å². The van der Waals surface area contributed by atoms with Gasteiger partial charge in [0.2, 0.25) is 5.91 Å². The molecule has 1 atom stereocenters. The van der Waals surface area contributed by atoms with E-state index in [1.54, 1.807) is 24.0 Å². The third-order valence-corrected chi connectivity index (χ3v) is 10.4. The summed E-state index contributed by atoms with van der Waals surface area (Å²) in [7, 11) is 0. The Labute approximate surface area is 271 Å². The number of thiazole rings is 1. The molecule has 3 aromatic heterocycles. The molecule has 0 spiro atoms. The van der Waals surface area contributed by atoms with Crippen LogP contribution in [0.1, 0.15) is 48.9 Å². The largest absolute Gasteiger partial charge is 0.391 e. The van der Waals surface area contributed by atoms with Gasteiger partial charge in [-0.1, -0.05) is 19.1 Å². The van der Waals surface area contributed by atoms with Gasteiger partial charge in [-0.15, -0.1) is 11.3 Å². The van der Waals surface area contributed by atoms with Gasteiger partial charge in [-0.05, 0) is 99.1 Å². The van der Waals surface area contributed by atoms with Crippen molar-refractivity contribution in [3.63, 3.8) is 0 Å². The van der Waals surface area contributed by atoms with Crippen LogP contribution in [-0.2, 0) is 11.2 Å². The fraction of sp³-hybridized carbons (Fsp3) is 0.361. The molecule has 7 nitrogen and oxygen atoms in total. The number of pyridine rings is 1. The fourth-order valence-electron chi connectivity index (χ4n) is 6.82. The first kappa shape index (κ1) is 30.7. The van der Waals surface area contributed by atoms with Crippen molar-refractivity contribution >= 4 is 22.9 Å². The standard InChI is InChI=1S/C36H37F2N5O2S/c1-3-30-35(29-10-9-28(22(2)34(29)38)36-40-31(21-46-36)24-4-7-26(37)8-5-24)43-18-25(6-11-32(43)39-30)23-12-15-41(16-13-23)20-33(45)42-17-14-27(44)19-42/h4-11,18,21,23,27,44H,3,12-17,19-20H2,1-2H3/t27-/m0/s1. The molecule has 0 aliphatic carbocycles. The average Bonchev–Trinajstić information content (AvgIpc) is 3.81. The summed E-state index contributed by atoms with van der Waals surface area (Å²) in [4.78, 5) is 26.3. The van der Waals surface area contributed by atoms with Gasteiger partial charge < -0.3 is 10.0 Å². The van der Waals surface area contributed by atoms with Crippen molar-refractivity contribution in [3.05, 3.63) is 88.6 Å². The molecule has 2 fully saturated rings. The first-order chi connectivity index (χ1) is 22.3. The molecule has 2 saturated heterocycles. The van der Waals surface area contributed by atoms with Crippen LogP contribution < -0.4 is 0 Å². The van der Waals surface area contributed by atoms with Crippen LogP contribution in [0.4, 0.5) is 8.78 Å². The van der Waals surface area contributed by atoms with Crippen LogP contribution in [0.2, 0.25) is 0 Å². The minimum absolute atomic E-state index is 0.0955. The zero-order valence-electron chi connectivity index (χ0n) is 26.0. The van der Waals surface area contributed by atoms with Crippen LogP contribution in [0, 0.1) is 18.6 Å². The van der Waals surface area contributed by atoms with Gasteiger partial charge in [-0.25, -0.2) is 18.7 Å². The normalized spacial score (nSPS) is 17.8. The molecule has 0 radical (unpaired) electrons. The lowest BCUT2D eigenvalue weighted by atomic mass is 9.90. The summed E-state index contributed by atoms with van der Waals surface area (Å²) in [6, 6.07) is 14.1. The summed E-state index contributed by atoms with van der Waals surface area (Å²) in [5.41, 5.74) is 6.91. The monoisotopic (exact) mass is 641 g/mol. The number of carbonyl (C=O) groups excluding carboxylic acids is 1. The molecule has 7 rings (SSSR count). The van der Waals surface area contributed by atoms with Gasteiger partial charge in [0.1, 0.15) is 22.3 Å². The van der Waals surface area contributed by atoms with Crippen LogP contribution in [0.5, 0.6) is 0 Å². The molecule has 2 aromatic carbocycles. The van der Waals surface area contributed by atoms with Crippen LogP contribution in [0.15, 0.2) is 60.1 Å². The van der Waals surface area contributed by atoms with E-state index in [0.29, 0.717) is 54.5 Å². The number of fused-ring (bicyclic) bond motifs is 1. The summed E-state index contributed by atoms with van der Waals surface area (Å²) in [5, 5.41) is 12.4. The number of aromatic nitrogens is 3. The summed E-state index contributed by atoms with van der Waals surface area (Å²) in [6.45, 7) is 6.96. The van der Waals surface area contributed by atoms with Crippen molar-refractivity contribution in [2.45, 2.75) is 51.6 Å². The van der Waals surface area contributed by atoms with Gasteiger partial charge in [-0.3, -0.25) is 14.1 Å². The Hall–Kier alpha value is -3.99. The summed E-state index contributed by atoms with van der Waals surface area (Å²) in [5.74, 6) is -0.161. The molecular formula is C36H37F2N5O2S. The lowest BCUT2D eigenvalue weighted by Gasteiger charge is -2.32. The van der Waals surface area contributed by atoms with Crippen LogP contribution in [0.25, 0.3) is 38.7 Å². The highest BCUT2D eigenvalue weighted by atomic mass is 32.1. The number of rotatable bonds is 7. The number of halogens is 2. The Kier molecular flexibility index (Phi) is 8.44. The number of amides is 1. The molecule has 238 valence electrons. The smallest absolute Gasteiger partial charge is 0.236 e. The molecule has 10 heteroatoms. The molecule has 46 heavy (non-hydrogen) atoms. The molecule has 2 aliphatic rings. The van der Waals surface area contributed by atoms with E-state index in [0.717, 1.165) is 59.8 Å². The number of aliphatic hydroxyl groups excluding tert-OH is 1. The molecule has 0 bridgehead atoms. The number of hydrogen-bond acceptors (Lipinski definition) is 6. The lowest BCUT2D eigenvalue weighted by Crippen LogP contribution is -2.42. The van der Waals surface area contributed by atoms with Crippen molar-refractivity contribution < 1.29 is 18.7 Å². The topological polar surface area (TPSA) is 74.0 Å². The SMILES string of the molecule is CCc1nc2ccc(C3CCN(CC(=O)N4CC[C@H](O)C4)CC3)cn2c1-c1ccc(-c2nc(-c3ccc(F)cc3)cs2)c(C)c1F. The predicted octanol–water partition coefficient (Wildman–Crippen LogP) is 6.71. The van der Waals surface area contributed by atoms with E-state index in [2.05, 4.69) is 17.2 Å². The van der Waals surface area contributed by atoms with Crippen molar-refractivity contribution in [3.8, 4) is 33.1 Å². The van der Waals surface area contributed by atoms with Gasteiger partial charge in [0.15, 0.2) is 0 Å². The van der Waals surface area contributed by atoms with Crippen molar-refractivity contribution in [1.29, 1.82) is 0 Å². The summed E-state index contributed by atoms with van der Waals surface area (Å²) in [6.07, 6.45) is 4.91. The molecule has 0 unspecified atom stereocenters. The quantitative estimate of drug-likeness (QED) is 0.214. The van der Waals surface area contributed by atoms with Gasteiger partial charge in [0, 0.05) is 41.4 Å². The second kappa shape index (κ2) is 12.7. The van der Waals surface area contributed by atoms with Crippen LogP contribution in [-0.4, -0.2) is 74.0 Å². The van der Waals surface area contributed by atoms with E-state index in [1.807, 2.05) is 34.9 Å². The van der Waals surface area contributed by atoms with E-state index in [-0.39, 0.29) is 17.5 Å². The molecule has 1 amide bonds. The molecule has 2 aliphatic heterocycles. The third kappa shape index (κ3) is 5.85. The second-order valence-electron chi connectivity index (χ2n) is 12.4. The van der Waals surface area contributed by atoms with E-state index in [1.165, 1.54) is 29.0 Å². The number of likely N-dealkylation sites (tertiary alicyclic amines) is 2. The Morgan fingerprint density at radius 1 is 0.978 bits per heavy atom. The molecule has 0 saturated carbocycles. The van der Waals surface area contributed by atoms with Gasteiger partial charge >= 0.3 is 0 Å². The maximum absolute atomic E-state index is 16.3. The van der Waals surface area contributed by atoms with Crippen LogP contribution in [0.3, 0.4) is 0 Å². The van der Waals surface area contributed by atoms with Crippen molar-refractivity contribution in [1.82, 2.24) is 24.2 Å². The highest BCUT2D eigenvalue weighted by Gasteiger charge is 2.28. The highest BCUT2D eigenvalue weighted by Crippen LogP contribution is 2.37. The van der Waals surface area contributed by atoms with Crippen LogP contribution >= 0.6 is 11.3 Å². The van der Waals surface area contributed by atoms with Gasteiger partial charge in [-0.2, -0.15) is 0 Å². The van der Waals surface area contributed by atoms with Crippen molar-refractivity contribution in [2.75, 3.05) is 32.7 Å². The average molecular weight is 642 g/mol. The van der Waals surface area contributed by atoms with E-state index >= 15 is 4.39 Å².